The molecule has 0 saturated carbocycles. The summed E-state index contributed by atoms with van der Waals surface area (Å²) in [5.74, 6) is -0.477. The van der Waals surface area contributed by atoms with Crippen LogP contribution in [0.25, 0.3) is 0 Å². The van der Waals surface area contributed by atoms with Gasteiger partial charge in [-0.2, -0.15) is 0 Å². The van der Waals surface area contributed by atoms with Gasteiger partial charge in [-0.15, -0.1) is 0 Å². The summed E-state index contributed by atoms with van der Waals surface area (Å²) >= 11 is 5.92. The van der Waals surface area contributed by atoms with E-state index in [1.165, 1.54) is 24.3 Å². The van der Waals surface area contributed by atoms with Crippen LogP contribution in [0.15, 0.2) is 48.5 Å². The molecule has 0 N–H and O–H groups in total. The largest absolute Gasteiger partial charge is 0.376 e. The molecular formula is C19H19ClFNO2. The fourth-order valence-electron chi connectivity index (χ4n) is 2.84. The second-order valence-corrected chi connectivity index (χ2v) is 6.39. The van der Waals surface area contributed by atoms with Gasteiger partial charge in [0.05, 0.1) is 6.10 Å². The molecular weight excluding hydrogens is 329 g/mol. The van der Waals surface area contributed by atoms with Crippen molar-refractivity contribution in [1.29, 1.82) is 0 Å². The molecule has 2 aromatic rings. The normalized spacial score (nSPS) is 17.0. The van der Waals surface area contributed by atoms with E-state index in [9.17, 15) is 9.18 Å². The van der Waals surface area contributed by atoms with Gasteiger partial charge in [-0.05, 0) is 54.8 Å². The first kappa shape index (κ1) is 16.9. The minimum Gasteiger partial charge on any atom is -0.376 e. The van der Waals surface area contributed by atoms with Gasteiger partial charge in [0.1, 0.15) is 5.82 Å². The van der Waals surface area contributed by atoms with E-state index in [1.54, 1.807) is 4.90 Å². The van der Waals surface area contributed by atoms with E-state index >= 15 is 0 Å². The predicted octanol–water partition coefficient (Wildman–Crippen LogP) is 4.30. The standard InChI is InChI=1S/C19H19ClFNO2/c20-16-7-3-14(4-8-16)12-22(13-18-2-1-11-24-18)19(23)15-5-9-17(21)10-6-15/h3-10,18H,1-2,11-13H2. The van der Waals surface area contributed by atoms with E-state index in [2.05, 4.69) is 0 Å². The number of hydrogen-bond donors (Lipinski definition) is 0. The molecule has 0 aromatic heterocycles. The lowest BCUT2D eigenvalue weighted by Gasteiger charge is -2.26. The third-order valence-electron chi connectivity index (χ3n) is 4.11. The molecule has 126 valence electrons. The number of nitrogens with zero attached hydrogens (tertiary/aromatic N) is 1. The zero-order valence-electron chi connectivity index (χ0n) is 13.3. The van der Waals surface area contributed by atoms with Gasteiger partial charge in [0.2, 0.25) is 0 Å². The average molecular weight is 348 g/mol. The number of benzene rings is 2. The smallest absolute Gasteiger partial charge is 0.254 e. The highest BCUT2D eigenvalue weighted by Gasteiger charge is 2.23. The first-order valence-corrected chi connectivity index (χ1v) is 8.40. The minimum absolute atomic E-state index is 0.0571. The molecule has 3 rings (SSSR count). The number of carbonyl (C=O) groups is 1. The van der Waals surface area contributed by atoms with Crippen molar-refractivity contribution in [3.05, 3.63) is 70.5 Å². The molecule has 0 bridgehead atoms. The van der Waals surface area contributed by atoms with E-state index in [0.717, 1.165) is 25.0 Å². The van der Waals surface area contributed by atoms with Gasteiger partial charge in [0.15, 0.2) is 0 Å². The summed E-state index contributed by atoms with van der Waals surface area (Å²) in [5, 5.41) is 0.661. The van der Waals surface area contributed by atoms with Crippen molar-refractivity contribution in [2.24, 2.45) is 0 Å². The first-order chi connectivity index (χ1) is 11.6. The topological polar surface area (TPSA) is 29.5 Å². The maximum Gasteiger partial charge on any atom is 0.254 e. The molecule has 24 heavy (non-hydrogen) atoms. The quantitative estimate of drug-likeness (QED) is 0.807. The summed E-state index contributed by atoms with van der Waals surface area (Å²) in [6, 6.07) is 13.1. The highest BCUT2D eigenvalue weighted by Crippen LogP contribution is 2.18. The molecule has 1 aliphatic rings. The average Bonchev–Trinajstić information content (AvgIpc) is 3.09. The van der Waals surface area contributed by atoms with Crippen LogP contribution >= 0.6 is 11.6 Å². The summed E-state index contributed by atoms with van der Waals surface area (Å²) < 4.78 is 18.8. The van der Waals surface area contributed by atoms with Crippen LogP contribution in [-0.2, 0) is 11.3 Å². The summed E-state index contributed by atoms with van der Waals surface area (Å²) in [6.07, 6.45) is 2.03. The van der Waals surface area contributed by atoms with Crippen LogP contribution in [0.1, 0.15) is 28.8 Å². The van der Waals surface area contributed by atoms with Gasteiger partial charge in [-0.1, -0.05) is 23.7 Å². The molecule has 5 heteroatoms. The Morgan fingerprint density at radius 3 is 2.50 bits per heavy atom. The van der Waals surface area contributed by atoms with E-state index in [0.29, 0.717) is 23.7 Å². The molecule has 1 aliphatic heterocycles. The molecule has 2 aromatic carbocycles. The molecule has 0 radical (unpaired) electrons. The Kier molecular flexibility index (Phi) is 5.48. The monoisotopic (exact) mass is 347 g/mol. The lowest BCUT2D eigenvalue weighted by molar-refractivity contribution is 0.0507. The second kappa shape index (κ2) is 7.77. The fourth-order valence-corrected chi connectivity index (χ4v) is 2.96. The number of ether oxygens (including phenoxy) is 1. The highest BCUT2D eigenvalue weighted by atomic mass is 35.5. The lowest BCUT2D eigenvalue weighted by Crippen LogP contribution is -2.37. The zero-order chi connectivity index (χ0) is 16.9. The van der Waals surface area contributed by atoms with Crippen LogP contribution in [0, 0.1) is 5.82 Å². The number of halogens is 2. The maximum absolute atomic E-state index is 13.1. The van der Waals surface area contributed by atoms with Gasteiger partial charge >= 0.3 is 0 Å². The van der Waals surface area contributed by atoms with Crippen LogP contribution in [0.2, 0.25) is 5.02 Å². The first-order valence-electron chi connectivity index (χ1n) is 8.03. The van der Waals surface area contributed by atoms with E-state index < -0.39 is 0 Å². The molecule has 0 spiro atoms. The van der Waals surface area contributed by atoms with Crippen molar-refractivity contribution in [2.45, 2.75) is 25.5 Å². The van der Waals surface area contributed by atoms with E-state index in [1.807, 2.05) is 24.3 Å². The second-order valence-electron chi connectivity index (χ2n) is 5.95. The maximum atomic E-state index is 13.1. The van der Waals surface area contributed by atoms with Crippen LogP contribution in [0.4, 0.5) is 4.39 Å². The van der Waals surface area contributed by atoms with Crippen molar-refractivity contribution in [1.82, 2.24) is 4.90 Å². The predicted molar refractivity (Wildman–Crippen MR) is 91.6 cm³/mol. The summed E-state index contributed by atoms with van der Waals surface area (Å²) in [6.45, 7) is 1.73. The Labute approximate surface area is 146 Å². The lowest BCUT2D eigenvalue weighted by atomic mass is 10.1. The number of hydrogen-bond acceptors (Lipinski definition) is 2. The van der Waals surface area contributed by atoms with E-state index in [4.69, 9.17) is 16.3 Å². The molecule has 3 nitrogen and oxygen atoms in total. The molecule has 1 heterocycles. The molecule has 0 aliphatic carbocycles. The molecule has 1 fully saturated rings. The summed E-state index contributed by atoms with van der Waals surface area (Å²) in [5.41, 5.74) is 1.47. The molecule has 1 amide bonds. The Morgan fingerprint density at radius 1 is 1.17 bits per heavy atom. The molecule has 1 saturated heterocycles. The van der Waals surface area contributed by atoms with Crippen molar-refractivity contribution in [2.75, 3.05) is 13.2 Å². The van der Waals surface area contributed by atoms with Crippen molar-refractivity contribution in [3.8, 4) is 0 Å². The zero-order valence-corrected chi connectivity index (χ0v) is 14.0. The van der Waals surface area contributed by atoms with Gasteiger partial charge in [-0.3, -0.25) is 4.79 Å². The van der Waals surface area contributed by atoms with Crippen LogP contribution in [0.3, 0.4) is 0 Å². The number of amides is 1. The van der Waals surface area contributed by atoms with Crippen LogP contribution in [0.5, 0.6) is 0 Å². The van der Waals surface area contributed by atoms with E-state index in [-0.39, 0.29) is 17.8 Å². The SMILES string of the molecule is O=C(c1ccc(F)cc1)N(Cc1ccc(Cl)cc1)CC1CCCO1. The Bertz CT molecular complexity index is 682. The minimum atomic E-state index is -0.352. The third kappa shape index (κ3) is 4.34. The van der Waals surface area contributed by atoms with Gasteiger partial charge in [0, 0.05) is 30.3 Å². The summed E-state index contributed by atoms with van der Waals surface area (Å²) in [4.78, 5) is 14.6. The Morgan fingerprint density at radius 2 is 1.88 bits per heavy atom. The summed E-state index contributed by atoms with van der Waals surface area (Å²) in [7, 11) is 0. The van der Waals surface area contributed by atoms with Gasteiger partial charge < -0.3 is 9.64 Å². The van der Waals surface area contributed by atoms with Crippen LogP contribution in [-0.4, -0.2) is 30.1 Å². The van der Waals surface area contributed by atoms with Crippen molar-refractivity contribution in [3.63, 3.8) is 0 Å². The Hall–Kier alpha value is -1.91. The van der Waals surface area contributed by atoms with Crippen molar-refractivity contribution < 1.29 is 13.9 Å². The number of carbonyl (C=O) groups excluding carboxylic acids is 1. The molecule has 1 atom stereocenters. The number of rotatable bonds is 5. The molecule has 1 unspecified atom stereocenters. The van der Waals surface area contributed by atoms with Crippen molar-refractivity contribution >= 4 is 17.5 Å². The Balaban J connectivity index is 1.78. The highest BCUT2D eigenvalue weighted by molar-refractivity contribution is 6.30. The van der Waals surface area contributed by atoms with Crippen LogP contribution < -0.4 is 0 Å². The van der Waals surface area contributed by atoms with Gasteiger partial charge in [-0.25, -0.2) is 4.39 Å². The van der Waals surface area contributed by atoms with Gasteiger partial charge in [0.25, 0.3) is 5.91 Å². The third-order valence-corrected chi connectivity index (χ3v) is 4.37. The fraction of sp³-hybridized carbons (Fsp3) is 0.316.